The van der Waals surface area contributed by atoms with Gasteiger partial charge in [0.05, 0.1) is 11.4 Å². The first kappa shape index (κ1) is 17.8. The summed E-state index contributed by atoms with van der Waals surface area (Å²) in [6.07, 6.45) is 0. The SMILES string of the molecule is Cc1ccc(Oc2ccc(C(=O)Nc3nc(-c4ccccc4)cs3)cc2)nn1. The lowest BCUT2D eigenvalue weighted by molar-refractivity contribution is 0.102. The van der Waals surface area contributed by atoms with E-state index in [9.17, 15) is 4.79 Å². The van der Waals surface area contributed by atoms with Gasteiger partial charge in [0.2, 0.25) is 5.88 Å². The van der Waals surface area contributed by atoms with Gasteiger partial charge in [-0.2, -0.15) is 5.10 Å². The smallest absolute Gasteiger partial charge is 0.257 e. The number of aryl methyl sites for hydroxylation is 1. The van der Waals surface area contributed by atoms with Gasteiger partial charge >= 0.3 is 0 Å². The lowest BCUT2D eigenvalue weighted by Gasteiger charge is -2.06. The van der Waals surface area contributed by atoms with E-state index in [2.05, 4.69) is 20.5 Å². The average molecular weight is 388 g/mol. The van der Waals surface area contributed by atoms with E-state index in [0.717, 1.165) is 17.0 Å². The number of carbonyl (C=O) groups excluding carboxylic acids is 1. The summed E-state index contributed by atoms with van der Waals surface area (Å²) in [5, 5.41) is 13.2. The molecule has 0 saturated heterocycles. The molecule has 0 saturated carbocycles. The van der Waals surface area contributed by atoms with Crippen LogP contribution in [0.5, 0.6) is 11.6 Å². The summed E-state index contributed by atoms with van der Waals surface area (Å²) < 4.78 is 5.62. The fourth-order valence-electron chi connectivity index (χ4n) is 2.48. The molecule has 6 nitrogen and oxygen atoms in total. The highest BCUT2D eigenvalue weighted by molar-refractivity contribution is 7.14. The number of hydrogen-bond donors (Lipinski definition) is 1. The highest BCUT2D eigenvalue weighted by Crippen LogP contribution is 2.25. The maximum Gasteiger partial charge on any atom is 0.257 e. The van der Waals surface area contributed by atoms with Gasteiger partial charge in [-0.05, 0) is 37.3 Å². The van der Waals surface area contributed by atoms with Crippen molar-refractivity contribution in [3.63, 3.8) is 0 Å². The van der Waals surface area contributed by atoms with Gasteiger partial charge in [-0.25, -0.2) is 4.98 Å². The molecular weight excluding hydrogens is 372 g/mol. The zero-order valence-electron chi connectivity index (χ0n) is 15.0. The minimum absolute atomic E-state index is 0.226. The average Bonchev–Trinajstić information content (AvgIpc) is 3.19. The third-order valence-electron chi connectivity index (χ3n) is 3.91. The second kappa shape index (κ2) is 7.98. The predicted octanol–water partition coefficient (Wildman–Crippen LogP) is 4.95. The van der Waals surface area contributed by atoms with E-state index < -0.39 is 0 Å². The molecule has 28 heavy (non-hydrogen) atoms. The Hall–Kier alpha value is -3.58. The first-order chi connectivity index (χ1) is 13.7. The van der Waals surface area contributed by atoms with Crippen LogP contribution in [0.1, 0.15) is 16.1 Å². The number of aromatic nitrogens is 3. The van der Waals surface area contributed by atoms with Crippen LogP contribution in [0.3, 0.4) is 0 Å². The Kier molecular flexibility index (Phi) is 5.07. The standard InChI is InChI=1S/C21H16N4O2S/c1-14-7-12-19(25-24-14)27-17-10-8-16(9-11-17)20(26)23-21-22-18(13-28-21)15-5-3-2-4-6-15/h2-13H,1H3,(H,22,23,26). The molecule has 0 unspecified atom stereocenters. The summed E-state index contributed by atoms with van der Waals surface area (Å²) in [5.41, 5.74) is 3.18. The molecule has 0 fully saturated rings. The monoisotopic (exact) mass is 388 g/mol. The van der Waals surface area contributed by atoms with Crippen LogP contribution in [0.4, 0.5) is 5.13 Å². The van der Waals surface area contributed by atoms with Crippen molar-refractivity contribution in [3.05, 3.63) is 83.4 Å². The van der Waals surface area contributed by atoms with Gasteiger partial charge in [-0.15, -0.1) is 16.4 Å². The molecule has 0 bridgehead atoms. The van der Waals surface area contributed by atoms with E-state index in [1.54, 1.807) is 30.3 Å². The van der Waals surface area contributed by atoms with E-state index in [1.165, 1.54) is 11.3 Å². The van der Waals surface area contributed by atoms with Crippen LogP contribution in [0.15, 0.2) is 72.1 Å². The molecule has 2 aromatic heterocycles. The molecule has 2 aromatic carbocycles. The number of ether oxygens (including phenoxy) is 1. The zero-order chi connectivity index (χ0) is 19.3. The Morgan fingerprint density at radius 3 is 2.46 bits per heavy atom. The number of rotatable bonds is 5. The summed E-state index contributed by atoms with van der Waals surface area (Å²) in [6.45, 7) is 1.86. The van der Waals surface area contributed by atoms with Gasteiger partial charge in [-0.1, -0.05) is 30.3 Å². The molecule has 0 aliphatic carbocycles. The topological polar surface area (TPSA) is 77.0 Å². The Morgan fingerprint density at radius 1 is 0.964 bits per heavy atom. The molecule has 0 atom stereocenters. The highest BCUT2D eigenvalue weighted by atomic mass is 32.1. The van der Waals surface area contributed by atoms with Gasteiger partial charge in [0.15, 0.2) is 5.13 Å². The van der Waals surface area contributed by atoms with Gasteiger partial charge in [0.25, 0.3) is 5.91 Å². The van der Waals surface area contributed by atoms with Gasteiger partial charge in [-0.3, -0.25) is 10.1 Å². The van der Waals surface area contributed by atoms with E-state index in [4.69, 9.17) is 4.74 Å². The molecule has 0 radical (unpaired) electrons. The molecule has 2 heterocycles. The van der Waals surface area contributed by atoms with Crippen LogP contribution in [0.2, 0.25) is 0 Å². The fraction of sp³-hybridized carbons (Fsp3) is 0.0476. The van der Waals surface area contributed by atoms with Crippen molar-refractivity contribution in [2.75, 3.05) is 5.32 Å². The minimum atomic E-state index is -0.226. The lowest BCUT2D eigenvalue weighted by atomic mass is 10.2. The molecule has 7 heteroatoms. The third kappa shape index (κ3) is 4.21. The first-order valence-corrected chi connectivity index (χ1v) is 9.46. The Morgan fingerprint density at radius 2 is 1.75 bits per heavy atom. The molecule has 1 amide bonds. The molecule has 0 aliphatic heterocycles. The van der Waals surface area contributed by atoms with Crippen molar-refractivity contribution in [1.29, 1.82) is 0 Å². The van der Waals surface area contributed by atoms with Crippen LogP contribution >= 0.6 is 11.3 Å². The first-order valence-electron chi connectivity index (χ1n) is 8.58. The number of benzene rings is 2. The zero-order valence-corrected chi connectivity index (χ0v) is 15.8. The van der Waals surface area contributed by atoms with Crippen molar-refractivity contribution in [1.82, 2.24) is 15.2 Å². The van der Waals surface area contributed by atoms with E-state index >= 15 is 0 Å². The third-order valence-corrected chi connectivity index (χ3v) is 4.66. The number of nitrogens with zero attached hydrogens (tertiary/aromatic N) is 3. The normalized spacial score (nSPS) is 10.5. The summed E-state index contributed by atoms with van der Waals surface area (Å²) in [4.78, 5) is 16.9. The van der Waals surface area contributed by atoms with Crippen molar-refractivity contribution >= 4 is 22.4 Å². The largest absolute Gasteiger partial charge is 0.438 e. The second-order valence-electron chi connectivity index (χ2n) is 6.00. The number of nitrogens with one attached hydrogen (secondary N) is 1. The fourth-order valence-corrected chi connectivity index (χ4v) is 3.19. The summed E-state index contributed by atoms with van der Waals surface area (Å²) >= 11 is 1.39. The van der Waals surface area contributed by atoms with E-state index in [0.29, 0.717) is 22.3 Å². The minimum Gasteiger partial charge on any atom is -0.438 e. The molecule has 4 aromatic rings. The maximum atomic E-state index is 12.5. The molecule has 1 N–H and O–H groups in total. The highest BCUT2D eigenvalue weighted by Gasteiger charge is 2.10. The van der Waals surface area contributed by atoms with Crippen molar-refractivity contribution in [2.45, 2.75) is 6.92 Å². The Bertz CT molecular complexity index is 1080. The molecular formula is C21H16N4O2S. The Labute approximate surface area is 165 Å². The quantitative estimate of drug-likeness (QED) is 0.523. The second-order valence-corrected chi connectivity index (χ2v) is 6.86. The van der Waals surface area contributed by atoms with Gasteiger partial charge < -0.3 is 4.74 Å². The summed E-state index contributed by atoms with van der Waals surface area (Å²) in [5.74, 6) is 0.755. The number of carbonyl (C=O) groups is 1. The van der Waals surface area contributed by atoms with E-state index in [1.807, 2.05) is 48.7 Å². The van der Waals surface area contributed by atoms with Gasteiger partial charge in [0, 0.05) is 22.6 Å². The predicted molar refractivity (Wildman–Crippen MR) is 109 cm³/mol. The molecule has 138 valence electrons. The lowest BCUT2D eigenvalue weighted by Crippen LogP contribution is -2.11. The summed E-state index contributed by atoms with van der Waals surface area (Å²) in [6, 6.07) is 20.2. The Balaban J connectivity index is 1.41. The van der Waals surface area contributed by atoms with E-state index in [-0.39, 0.29) is 5.91 Å². The number of anilines is 1. The van der Waals surface area contributed by atoms with Crippen LogP contribution in [0.25, 0.3) is 11.3 Å². The van der Waals surface area contributed by atoms with Crippen molar-refractivity contribution < 1.29 is 9.53 Å². The van der Waals surface area contributed by atoms with Crippen LogP contribution in [-0.4, -0.2) is 21.1 Å². The van der Waals surface area contributed by atoms with Crippen LogP contribution in [0, 0.1) is 6.92 Å². The summed E-state index contributed by atoms with van der Waals surface area (Å²) in [7, 11) is 0. The maximum absolute atomic E-state index is 12.5. The molecule has 0 aliphatic rings. The number of thiazole rings is 1. The van der Waals surface area contributed by atoms with Crippen LogP contribution < -0.4 is 10.1 Å². The van der Waals surface area contributed by atoms with Crippen LogP contribution in [-0.2, 0) is 0 Å². The molecule has 0 spiro atoms. The number of hydrogen-bond acceptors (Lipinski definition) is 6. The van der Waals surface area contributed by atoms with Crippen molar-refractivity contribution in [3.8, 4) is 22.9 Å². The molecule has 4 rings (SSSR count). The number of amides is 1. The van der Waals surface area contributed by atoms with Gasteiger partial charge in [0.1, 0.15) is 5.75 Å². The van der Waals surface area contributed by atoms with Crippen molar-refractivity contribution in [2.24, 2.45) is 0 Å².